The molecule has 0 aromatic carbocycles. The Labute approximate surface area is 825 Å². The minimum Gasteiger partial charge on any atom is -1.00 e. The molecule has 0 aliphatic heterocycles. The SMILES string of the molecule is C/C=C/CCC.C/C=C/CCC.C/C=C/CCC.CB(O)O.CC.CC.CC.CC.CC.CC.CC1=CCC(C)CC1.CC1=CCC(C)CC1.CC1CCC(=O)CC1.CC1CCC(C)CC1.CC=CC.CC=CC.CC=CC.CC=O.CC=O.CCC.CCC=O.CCCC.CCCCC.CCCCC=O.CCCCCC.O.O.O.[H-].[H-].[H-].[H-].[H-].[H-].[Mg+2].[Mg+2].[Mg+2].[OH3+].[OH3+].[OH3+]. The molecule has 0 heterocycles. The maximum absolute atomic E-state index is 10.6. The molecular weight excluding hydrogens is 1540 g/mol. The first-order chi connectivity index (χ1) is 53.7. The minimum atomic E-state index is -1.17. The van der Waals surface area contributed by atoms with Crippen molar-refractivity contribution in [3.8, 4) is 0 Å². The number of carbonyl (C=O) groups excluding carboxylic acids is 5. The Kier molecular flexibility index (Phi) is 471. The Morgan fingerprint density at radius 2 is 0.521 bits per heavy atom. The molecule has 0 spiro atoms. The van der Waals surface area contributed by atoms with Gasteiger partial charge in [-0.05, 0) is 203 Å². The second-order valence-corrected chi connectivity index (χ2v) is 25.8. The zero-order valence-electron chi connectivity index (χ0n) is 97.7. The van der Waals surface area contributed by atoms with Crippen molar-refractivity contribution in [1.29, 1.82) is 0 Å². The molecule has 2 fully saturated rings. The first-order valence-electron chi connectivity index (χ1n) is 47.1. The summed E-state index contributed by atoms with van der Waals surface area (Å²) < 4.78 is 0. The summed E-state index contributed by atoms with van der Waals surface area (Å²) in [4.78, 5) is 47.0. The average Bonchev–Trinajstić information content (AvgIpc) is 0.987. The van der Waals surface area contributed by atoms with E-state index in [1.165, 1.54) is 188 Å². The van der Waals surface area contributed by atoms with Gasteiger partial charge in [0.05, 0.1) is 0 Å². The fourth-order valence-corrected chi connectivity index (χ4v) is 6.84. The van der Waals surface area contributed by atoms with Crippen LogP contribution in [-0.4, -0.2) is 134 Å². The second-order valence-electron chi connectivity index (χ2n) is 25.8. The Morgan fingerprint density at radius 3 is 0.612 bits per heavy atom. The van der Waals surface area contributed by atoms with E-state index in [-0.39, 0.29) is 111 Å². The molecule has 0 radical (unpaired) electrons. The number of allylic oxidation sites excluding steroid dienone is 16. The fourth-order valence-electron chi connectivity index (χ4n) is 6.84. The van der Waals surface area contributed by atoms with Crippen molar-refractivity contribution in [3.63, 3.8) is 0 Å². The van der Waals surface area contributed by atoms with Crippen molar-refractivity contribution in [1.82, 2.24) is 0 Å². The topological polar surface area (TPSA) is 319 Å². The van der Waals surface area contributed by atoms with Crippen LogP contribution in [-0.2, 0) is 40.4 Å². The number of hydrogen-bond acceptors (Lipinski definition) is 7. The smallest absolute Gasteiger partial charge is 1.00 e. The van der Waals surface area contributed by atoms with Crippen molar-refractivity contribution in [2.45, 2.75) is 523 Å². The number of rotatable bonds is 16. The summed E-state index contributed by atoms with van der Waals surface area (Å²) in [6.45, 7) is 90.3. The number of aldehydes is 4. The van der Waals surface area contributed by atoms with Gasteiger partial charge in [-0.2, -0.15) is 0 Å². The van der Waals surface area contributed by atoms with Gasteiger partial charge in [0.15, 0.2) is 0 Å². The quantitative estimate of drug-likeness (QED) is 0.0494. The number of hydrogen-bond donors (Lipinski definition) is 2. The maximum Gasteiger partial charge on any atom is 2.00 e. The maximum atomic E-state index is 10.6. The number of Topliss-reactive ketones (excluding diaryl/α,β-unsaturated/α-hetero) is 1. The Hall–Kier alpha value is -1.69. The number of unbranched alkanes of at least 4 members (excludes halogenated alkanes) is 11. The van der Waals surface area contributed by atoms with Gasteiger partial charge < -0.3 is 70.6 Å². The van der Waals surface area contributed by atoms with Crippen LogP contribution in [0.25, 0.3) is 0 Å². The van der Waals surface area contributed by atoms with E-state index >= 15 is 0 Å². The minimum absolute atomic E-state index is 0. The van der Waals surface area contributed by atoms with Gasteiger partial charge in [-0.25, -0.2) is 0 Å². The van der Waals surface area contributed by atoms with Crippen molar-refractivity contribution >= 4 is 107 Å². The third-order valence-electron chi connectivity index (χ3n) is 14.0. The summed E-state index contributed by atoms with van der Waals surface area (Å²) in [6.07, 6.45) is 75.3. The second kappa shape index (κ2) is 272. The molecule has 2 unspecified atom stereocenters. The van der Waals surface area contributed by atoms with E-state index in [1.54, 1.807) is 11.1 Å². The van der Waals surface area contributed by atoms with Crippen LogP contribution in [0.15, 0.2) is 96.2 Å². The molecule has 2 saturated carbocycles. The van der Waals surface area contributed by atoms with Gasteiger partial charge in [0.25, 0.3) is 0 Å². The first-order valence-corrected chi connectivity index (χ1v) is 47.1. The van der Waals surface area contributed by atoms with E-state index in [1.807, 2.05) is 168 Å². The van der Waals surface area contributed by atoms with Crippen LogP contribution in [0.1, 0.15) is 525 Å². The van der Waals surface area contributed by atoms with Gasteiger partial charge in [0.1, 0.15) is 30.9 Å². The summed E-state index contributed by atoms with van der Waals surface area (Å²) in [6, 6.07) is 0. The molecule has 17 heteroatoms. The Morgan fingerprint density at radius 1 is 0.331 bits per heavy atom. The van der Waals surface area contributed by atoms with Crippen LogP contribution >= 0.6 is 0 Å². The molecule has 0 aromatic heterocycles. The molecule has 0 amide bonds. The van der Waals surface area contributed by atoms with Crippen molar-refractivity contribution in [2.75, 3.05) is 0 Å². The van der Waals surface area contributed by atoms with E-state index in [0.717, 1.165) is 99.7 Å². The number of carbonyl (C=O) groups is 5. The zero-order valence-corrected chi connectivity index (χ0v) is 95.9. The third-order valence-corrected chi connectivity index (χ3v) is 14.0. The van der Waals surface area contributed by atoms with Crippen molar-refractivity contribution < 1.29 is 75.4 Å². The van der Waals surface area contributed by atoms with Gasteiger partial charge >= 0.3 is 76.3 Å². The Balaban J connectivity index is -0.0000000201. The van der Waals surface area contributed by atoms with Gasteiger partial charge in [0, 0.05) is 25.7 Å². The molecular formula is C104H246BMg3O13+3. The molecule has 17 N–H and O–H groups in total. The fraction of sp³-hybridized carbons (Fsp3) is 0.798. The Bertz CT molecular complexity index is 1520. The molecule has 0 aromatic rings. The largest absolute Gasteiger partial charge is 2.00 e. The van der Waals surface area contributed by atoms with Crippen LogP contribution < -0.4 is 0 Å². The van der Waals surface area contributed by atoms with E-state index in [4.69, 9.17) is 19.6 Å². The van der Waals surface area contributed by atoms with E-state index in [9.17, 15) is 14.4 Å². The van der Waals surface area contributed by atoms with Gasteiger partial charge in [-0.15, -0.1) is 0 Å². The van der Waals surface area contributed by atoms with E-state index < -0.39 is 7.12 Å². The molecule has 746 valence electrons. The standard InChI is InChI=1S/C8H16.2C8H14.C7H12O.C6H14.3C6H12.C5H10O.C5H12.C4H10.3C4H8.C3H6O.C3H8.2C2H4O.6C2H6.CH5BO2.3Mg.6H2O.6H/c3*1-7-3-5-8(2)6-4-7;1-6-2-4-7(8)5-3-6;4*1-3-5-6-4-2;1-2-3-4-5-6;1-3-5-4-2;4*1-3-4-2;1-2-3-4;1-3-2;2*1-2-3;6*1-2;1-2(3)4;;;;;;;;;;;;;;;/h7-8H,3-6H2,1-2H3;2*3,8H,4-6H2,1-2H3;6H,2-5H2,1H3;3-6H2,1-2H3;3*3,5H,4,6H2,1-2H3;5H,2-4H2,1H3;3-5H2,1-2H3;3-4H2,1-2H3;3*3-4H,1-2H3;3H,2H2,1H3;3H2,1-2H3;2*2H,1H3;6*1-2H3;3-4H,1H3;;;;6*1H2;;;;;;/q;;;;;;;;;;;;;;;;;;;;;;;;;3*+2;;;;;;;6*-1/p+3/b;;;;;3*5-3+;;;;;;;;;;;;;;;;;;;;;;;;;;;;;;;;. The number of ketones is 1. The average molecular weight is 1790 g/mol. The van der Waals surface area contributed by atoms with Crippen LogP contribution in [0, 0.1) is 29.6 Å². The summed E-state index contributed by atoms with van der Waals surface area (Å²) in [5.74, 6) is 5.19. The molecule has 13 nitrogen and oxygen atoms in total. The van der Waals surface area contributed by atoms with Crippen LogP contribution in [0.5, 0.6) is 0 Å². The normalized spacial score (nSPS) is 13.2. The molecule has 2 atom stereocenters. The molecule has 0 bridgehead atoms. The summed E-state index contributed by atoms with van der Waals surface area (Å²) in [7, 11) is -1.17. The molecule has 4 rings (SSSR count). The zero-order chi connectivity index (χ0) is 93.0. The van der Waals surface area contributed by atoms with Gasteiger partial charge in [-0.3, -0.25) is 4.79 Å². The molecule has 0 saturated heterocycles. The van der Waals surface area contributed by atoms with Gasteiger partial charge in [0.2, 0.25) is 0 Å². The van der Waals surface area contributed by atoms with E-state index in [2.05, 4.69) is 201 Å². The summed E-state index contributed by atoms with van der Waals surface area (Å²) in [5.41, 5.74) is 3.17. The first kappa shape index (κ1) is 209. The third kappa shape index (κ3) is 440. The van der Waals surface area contributed by atoms with Crippen molar-refractivity contribution in [3.05, 3.63) is 96.2 Å². The predicted molar refractivity (Wildman–Crippen MR) is 584 cm³/mol. The van der Waals surface area contributed by atoms with Gasteiger partial charge in [-0.1, -0.05) is 419 Å². The summed E-state index contributed by atoms with van der Waals surface area (Å²) >= 11 is 0. The molecule has 4 aliphatic carbocycles. The molecule has 4 aliphatic rings. The van der Waals surface area contributed by atoms with E-state index in [0.29, 0.717) is 12.2 Å². The van der Waals surface area contributed by atoms with Crippen LogP contribution in [0.2, 0.25) is 6.82 Å². The monoisotopic (exact) mass is 1790 g/mol. The van der Waals surface area contributed by atoms with Crippen LogP contribution in [0.3, 0.4) is 0 Å². The van der Waals surface area contributed by atoms with Crippen molar-refractivity contribution in [2.24, 2.45) is 29.6 Å². The van der Waals surface area contributed by atoms with Crippen LogP contribution in [0.4, 0.5) is 0 Å². The molecule has 121 heavy (non-hydrogen) atoms. The summed E-state index contributed by atoms with van der Waals surface area (Å²) in [5, 5.41) is 15.2. The predicted octanol–water partition coefficient (Wildman–Crippen LogP) is 31.9.